The molecule has 4 rings (SSSR count). The van der Waals surface area contributed by atoms with E-state index in [0.29, 0.717) is 11.7 Å². The largest absolute Gasteiger partial charge is 0.486 e. The topological polar surface area (TPSA) is 87.1 Å². The second-order valence-electron chi connectivity index (χ2n) is 5.34. The first-order valence-corrected chi connectivity index (χ1v) is 7.07. The van der Waals surface area contributed by atoms with Gasteiger partial charge in [-0.05, 0) is 44.0 Å². The lowest BCUT2D eigenvalue weighted by Crippen LogP contribution is -2.52. The van der Waals surface area contributed by atoms with E-state index >= 15 is 0 Å². The summed E-state index contributed by atoms with van der Waals surface area (Å²) in [6, 6.07) is 6.68. The van der Waals surface area contributed by atoms with E-state index in [4.69, 9.17) is 24.5 Å². The third kappa shape index (κ3) is 4.17. The number of ether oxygens (including phenoxy) is 1. The third-order valence-corrected chi connectivity index (χ3v) is 3.89. The Morgan fingerprint density at radius 2 is 1.73 bits per heavy atom. The summed E-state index contributed by atoms with van der Waals surface area (Å²) in [5, 5.41) is 14.8. The molecule has 1 aromatic carbocycles. The molecule has 22 heavy (non-hydrogen) atoms. The minimum atomic E-state index is -1.82. The minimum Gasteiger partial charge on any atom is -0.486 e. The van der Waals surface area contributed by atoms with E-state index in [1.807, 2.05) is 6.07 Å². The van der Waals surface area contributed by atoms with E-state index in [0.717, 1.165) is 6.54 Å². The van der Waals surface area contributed by atoms with Crippen LogP contribution in [0.3, 0.4) is 0 Å². The van der Waals surface area contributed by atoms with Gasteiger partial charge in [0.05, 0.1) is 0 Å². The van der Waals surface area contributed by atoms with Gasteiger partial charge < -0.3 is 14.9 Å². The molecular formula is C15H18FNO5. The number of piperidine rings is 3. The Balaban J connectivity index is 0.000000254. The molecule has 1 unspecified atom stereocenters. The molecule has 3 fully saturated rings. The summed E-state index contributed by atoms with van der Waals surface area (Å²) in [4.78, 5) is 20.6. The quantitative estimate of drug-likeness (QED) is 0.804. The van der Waals surface area contributed by atoms with Gasteiger partial charge >= 0.3 is 11.9 Å². The fraction of sp³-hybridized carbons (Fsp3) is 0.467. The molecule has 0 spiro atoms. The van der Waals surface area contributed by atoms with Gasteiger partial charge in [-0.1, -0.05) is 12.1 Å². The molecule has 3 heterocycles. The summed E-state index contributed by atoms with van der Waals surface area (Å²) in [5.41, 5.74) is 0. The standard InChI is InChI=1S/C13H16FNO.C2H2O4/c14-11-3-1-2-4-12(11)16-13-9-15-7-5-10(13)6-8-15;3-1(4)2(5)6/h1-4,10,13H,5-9H2;(H,3,4)(H,5,6). The van der Waals surface area contributed by atoms with Crippen LogP contribution in [-0.4, -0.2) is 52.8 Å². The second-order valence-corrected chi connectivity index (χ2v) is 5.34. The number of carboxylic acid groups (broad SMARTS) is 2. The van der Waals surface area contributed by atoms with Crippen LogP contribution >= 0.6 is 0 Å². The molecule has 3 aliphatic heterocycles. The van der Waals surface area contributed by atoms with Crippen LogP contribution in [0.25, 0.3) is 0 Å². The fourth-order valence-corrected chi connectivity index (χ4v) is 2.75. The summed E-state index contributed by atoms with van der Waals surface area (Å²) >= 11 is 0. The number of fused-ring (bicyclic) bond motifs is 3. The highest BCUT2D eigenvalue weighted by atomic mass is 19.1. The molecule has 3 aliphatic rings. The number of rotatable bonds is 2. The van der Waals surface area contributed by atoms with Crippen LogP contribution in [0.1, 0.15) is 12.8 Å². The molecule has 1 atom stereocenters. The van der Waals surface area contributed by atoms with Gasteiger partial charge in [0, 0.05) is 6.54 Å². The van der Waals surface area contributed by atoms with Gasteiger partial charge in [-0.2, -0.15) is 0 Å². The average molecular weight is 311 g/mol. The lowest BCUT2D eigenvalue weighted by Gasteiger charge is -2.44. The lowest BCUT2D eigenvalue weighted by atomic mass is 9.86. The number of hydrogen-bond acceptors (Lipinski definition) is 4. The predicted octanol–water partition coefficient (Wildman–Crippen LogP) is 1.45. The SMILES string of the molecule is Fc1ccccc1OC1CN2CCC1CC2.O=C(O)C(=O)O. The van der Waals surface area contributed by atoms with Gasteiger partial charge in [-0.25, -0.2) is 14.0 Å². The Morgan fingerprint density at radius 3 is 2.18 bits per heavy atom. The number of carbonyl (C=O) groups is 2. The smallest absolute Gasteiger partial charge is 0.414 e. The van der Waals surface area contributed by atoms with Gasteiger partial charge in [0.1, 0.15) is 6.10 Å². The summed E-state index contributed by atoms with van der Waals surface area (Å²) in [6.45, 7) is 3.32. The first-order valence-electron chi connectivity index (χ1n) is 7.07. The minimum absolute atomic E-state index is 0.180. The van der Waals surface area contributed by atoms with Crippen LogP contribution in [0.2, 0.25) is 0 Å². The van der Waals surface area contributed by atoms with Crippen molar-refractivity contribution in [2.75, 3.05) is 19.6 Å². The van der Waals surface area contributed by atoms with Crippen molar-refractivity contribution in [1.29, 1.82) is 0 Å². The van der Waals surface area contributed by atoms with E-state index in [1.165, 1.54) is 32.0 Å². The highest BCUT2D eigenvalue weighted by Gasteiger charge is 2.35. The molecule has 0 amide bonds. The van der Waals surface area contributed by atoms with Crippen LogP contribution < -0.4 is 4.74 Å². The number of para-hydroxylation sites is 1. The predicted molar refractivity (Wildman–Crippen MR) is 75.3 cm³/mol. The zero-order valence-corrected chi connectivity index (χ0v) is 11.9. The summed E-state index contributed by atoms with van der Waals surface area (Å²) in [6.07, 6.45) is 2.57. The second kappa shape index (κ2) is 7.22. The Hall–Kier alpha value is -2.15. The number of carboxylic acids is 2. The molecule has 1 aromatic rings. The normalized spacial score (nSPS) is 25.8. The maximum Gasteiger partial charge on any atom is 0.414 e. The average Bonchev–Trinajstić information content (AvgIpc) is 2.51. The van der Waals surface area contributed by atoms with Crippen molar-refractivity contribution in [3.63, 3.8) is 0 Å². The van der Waals surface area contributed by atoms with Crippen molar-refractivity contribution in [2.24, 2.45) is 5.92 Å². The first-order chi connectivity index (χ1) is 10.5. The number of hydrogen-bond donors (Lipinski definition) is 2. The van der Waals surface area contributed by atoms with Gasteiger partial charge in [0.25, 0.3) is 0 Å². The Morgan fingerprint density at radius 1 is 1.14 bits per heavy atom. The van der Waals surface area contributed by atoms with Gasteiger partial charge in [-0.3, -0.25) is 4.90 Å². The van der Waals surface area contributed by atoms with Crippen molar-refractivity contribution >= 4 is 11.9 Å². The van der Waals surface area contributed by atoms with Crippen molar-refractivity contribution in [2.45, 2.75) is 18.9 Å². The molecule has 6 nitrogen and oxygen atoms in total. The van der Waals surface area contributed by atoms with Crippen LogP contribution in [-0.2, 0) is 9.59 Å². The number of benzene rings is 1. The Bertz CT molecular complexity index is 530. The molecule has 0 radical (unpaired) electrons. The monoisotopic (exact) mass is 311 g/mol. The van der Waals surface area contributed by atoms with Crippen LogP contribution in [0.4, 0.5) is 4.39 Å². The number of nitrogens with zero attached hydrogens (tertiary/aromatic N) is 1. The number of aliphatic carboxylic acids is 2. The molecular weight excluding hydrogens is 293 g/mol. The van der Waals surface area contributed by atoms with Gasteiger partial charge in [0.15, 0.2) is 11.6 Å². The molecule has 3 saturated heterocycles. The summed E-state index contributed by atoms with van der Waals surface area (Å²) in [7, 11) is 0. The zero-order valence-electron chi connectivity index (χ0n) is 11.9. The fourth-order valence-electron chi connectivity index (χ4n) is 2.75. The molecule has 2 bridgehead atoms. The van der Waals surface area contributed by atoms with E-state index in [2.05, 4.69) is 4.90 Å². The molecule has 0 aromatic heterocycles. The highest BCUT2D eigenvalue weighted by molar-refractivity contribution is 6.27. The van der Waals surface area contributed by atoms with Crippen molar-refractivity contribution in [1.82, 2.24) is 4.90 Å². The van der Waals surface area contributed by atoms with Gasteiger partial charge in [-0.15, -0.1) is 0 Å². The van der Waals surface area contributed by atoms with E-state index < -0.39 is 11.9 Å². The lowest BCUT2D eigenvalue weighted by molar-refractivity contribution is -0.159. The maximum atomic E-state index is 13.4. The van der Waals surface area contributed by atoms with Crippen molar-refractivity contribution < 1.29 is 28.9 Å². The van der Waals surface area contributed by atoms with Crippen molar-refractivity contribution in [3.05, 3.63) is 30.1 Å². The zero-order chi connectivity index (χ0) is 16.1. The molecule has 0 aliphatic carbocycles. The molecule has 2 N–H and O–H groups in total. The molecule has 0 saturated carbocycles. The first kappa shape index (κ1) is 16.2. The Kier molecular flexibility index (Phi) is 5.32. The van der Waals surface area contributed by atoms with Gasteiger partial charge in [0.2, 0.25) is 0 Å². The van der Waals surface area contributed by atoms with E-state index in [1.54, 1.807) is 12.1 Å². The Labute approximate surface area is 127 Å². The van der Waals surface area contributed by atoms with E-state index in [9.17, 15) is 4.39 Å². The summed E-state index contributed by atoms with van der Waals surface area (Å²) < 4.78 is 19.3. The van der Waals surface area contributed by atoms with Crippen molar-refractivity contribution in [3.8, 4) is 5.75 Å². The molecule has 120 valence electrons. The summed E-state index contributed by atoms with van der Waals surface area (Å²) in [5.74, 6) is -2.88. The van der Waals surface area contributed by atoms with Crippen LogP contribution in [0, 0.1) is 11.7 Å². The van der Waals surface area contributed by atoms with Crippen LogP contribution in [0.15, 0.2) is 24.3 Å². The third-order valence-electron chi connectivity index (χ3n) is 3.89. The maximum absolute atomic E-state index is 13.4. The van der Waals surface area contributed by atoms with Crippen LogP contribution in [0.5, 0.6) is 5.75 Å². The van der Waals surface area contributed by atoms with E-state index in [-0.39, 0.29) is 11.9 Å². The highest BCUT2D eigenvalue weighted by Crippen LogP contribution is 2.31. The number of halogens is 1. The molecule has 7 heteroatoms.